The number of carbonyl (C=O) groups is 1. The van der Waals surface area contributed by atoms with Crippen LogP contribution in [0.3, 0.4) is 0 Å². The van der Waals surface area contributed by atoms with Crippen LogP contribution >= 0.6 is 11.6 Å². The molecule has 2 heterocycles. The monoisotopic (exact) mass is 253 g/mol. The number of nitrogen functional groups attached to an aromatic ring is 1. The van der Waals surface area contributed by atoms with Crippen LogP contribution in [0, 0.1) is 0 Å². The van der Waals surface area contributed by atoms with Crippen molar-refractivity contribution >= 4 is 36.7 Å². The number of oxime groups is 1. The molecule has 3 N–H and O–H groups in total. The lowest BCUT2D eigenvalue weighted by atomic mass is 9.95. The fraction of sp³-hybridized carbons (Fsp3) is 0.222. The topological polar surface area (TPSA) is 97.8 Å². The third kappa shape index (κ3) is 2.19. The summed E-state index contributed by atoms with van der Waals surface area (Å²) in [5.41, 5.74) is 6.78. The first-order chi connectivity index (χ1) is 7.99. The third-order valence-corrected chi connectivity index (χ3v) is 2.75. The van der Waals surface area contributed by atoms with Gasteiger partial charge in [-0.05, 0) is 6.07 Å². The molecule has 1 aromatic heterocycles. The predicted octanol–water partition coefficient (Wildman–Crippen LogP) is 0.423. The molecule has 2 rings (SSSR count). The predicted molar refractivity (Wildman–Crippen MR) is 65.0 cm³/mol. The Kier molecular flexibility index (Phi) is 2.93. The van der Waals surface area contributed by atoms with Crippen LogP contribution in [0.1, 0.15) is 28.7 Å². The van der Waals surface area contributed by atoms with Gasteiger partial charge in [0.25, 0.3) is 0 Å². The molecule has 88 valence electrons. The first-order valence-electron chi connectivity index (χ1n) is 4.87. The zero-order valence-electron chi connectivity index (χ0n) is 8.98. The van der Waals surface area contributed by atoms with Gasteiger partial charge in [0, 0.05) is 12.0 Å². The SMILES string of the molecule is BC1=NOC(c2cc(N)c(Cl)c(C(=O)O)n2)C1. The summed E-state index contributed by atoms with van der Waals surface area (Å²) in [5.74, 6) is -1.22. The van der Waals surface area contributed by atoms with Crippen molar-refractivity contribution in [2.75, 3.05) is 5.73 Å². The molecule has 17 heavy (non-hydrogen) atoms. The molecular formula is C9H9BClN3O3. The number of halogens is 1. The van der Waals surface area contributed by atoms with Crippen LogP contribution in [-0.4, -0.2) is 29.5 Å². The van der Waals surface area contributed by atoms with Gasteiger partial charge in [-0.25, -0.2) is 9.78 Å². The second kappa shape index (κ2) is 4.25. The van der Waals surface area contributed by atoms with Crippen LogP contribution in [0.15, 0.2) is 11.2 Å². The fourth-order valence-corrected chi connectivity index (χ4v) is 1.71. The second-order valence-electron chi connectivity index (χ2n) is 3.73. The minimum atomic E-state index is -1.22. The van der Waals surface area contributed by atoms with Crippen LogP contribution in [-0.2, 0) is 4.84 Å². The Morgan fingerprint density at radius 2 is 2.41 bits per heavy atom. The molecule has 0 fully saturated rings. The average Bonchev–Trinajstić information content (AvgIpc) is 2.68. The van der Waals surface area contributed by atoms with E-state index in [1.54, 1.807) is 0 Å². The largest absolute Gasteiger partial charge is 0.476 e. The van der Waals surface area contributed by atoms with Gasteiger partial charge < -0.3 is 15.7 Å². The number of rotatable bonds is 2. The molecule has 0 aliphatic carbocycles. The van der Waals surface area contributed by atoms with Crippen LogP contribution < -0.4 is 5.73 Å². The highest BCUT2D eigenvalue weighted by Crippen LogP contribution is 2.30. The Labute approximate surface area is 103 Å². The first-order valence-corrected chi connectivity index (χ1v) is 5.25. The molecule has 0 saturated carbocycles. The molecule has 1 aromatic rings. The molecule has 1 aliphatic heterocycles. The van der Waals surface area contributed by atoms with Crippen molar-refractivity contribution in [1.82, 2.24) is 4.98 Å². The zero-order valence-corrected chi connectivity index (χ0v) is 9.73. The first kappa shape index (κ1) is 11.7. The van der Waals surface area contributed by atoms with Crippen molar-refractivity contribution in [3.8, 4) is 0 Å². The van der Waals surface area contributed by atoms with E-state index in [4.69, 9.17) is 27.3 Å². The maximum absolute atomic E-state index is 10.9. The maximum atomic E-state index is 10.9. The molecule has 1 aliphatic rings. The number of nitrogens with zero attached hydrogens (tertiary/aromatic N) is 2. The Hall–Kier alpha value is -1.76. The minimum absolute atomic E-state index is 0.0584. The van der Waals surface area contributed by atoms with E-state index in [9.17, 15) is 4.79 Å². The van der Waals surface area contributed by atoms with E-state index in [-0.39, 0.29) is 16.4 Å². The Balaban J connectivity index is 2.40. The molecule has 0 spiro atoms. The van der Waals surface area contributed by atoms with Crippen molar-refractivity contribution in [2.45, 2.75) is 12.5 Å². The van der Waals surface area contributed by atoms with Gasteiger partial charge in [-0.2, -0.15) is 0 Å². The van der Waals surface area contributed by atoms with Crippen LogP contribution in [0.5, 0.6) is 0 Å². The van der Waals surface area contributed by atoms with Gasteiger partial charge in [-0.15, -0.1) is 5.16 Å². The van der Waals surface area contributed by atoms with E-state index < -0.39 is 12.1 Å². The number of carboxylic acids is 1. The average molecular weight is 253 g/mol. The highest BCUT2D eigenvalue weighted by molar-refractivity contribution is 6.59. The fourth-order valence-electron chi connectivity index (χ4n) is 1.53. The molecule has 0 amide bonds. The van der Waals surface area contributed by atoms with E-state index in [1.807, 2.05) is 7.85 Å². The minimum Gasteiger partial charge on any atom is -0.476 e. The van der Waals surface area contributed by atoms with Gasteiger partial charge in [-0.3, -0.25) is 0 Å². The lowest BCUT2D eigenvalue weighted by Crippen LogP contribution is -2.10. The van der Waals surface area contributed by atoms with E-state index in [0.717, 1.165) is 5.61 Å². The van der Waals surface area contributed by atoms with Crippen LogP contribution in [0.25, 0.3) is 0 Å². The van der Waals surface area contributed by atoms with Gasteiger partial charge in [-0.1, -0.05) is 11.6 Å². The molecule has 1 atom stereocenters. The molecule has 1 unspecified atom stereocenters. The van der Waals surface area contributed by atoms with E-state index >= 15 is 0 Å². The van der Waals surface area contributed by atoms with E-state index in [2.05, 4.69) is 10.1 Å². The third-order valence-electron chi connectivity index (χ3n) is 2.35. The van der Waals surface area contributed by atoms with Crippen molar-refractivity contribution in [2.24, 2.45) is 5.16 Å². The van der Waals surface area contributed by atoms with Crippen molar-refractivity contribution < 1.29 is 14.7 Å². The van der Waals surface area contributed by atoms with Crippen molar-refractivity contribution in [3.63, 3.8) is 0 Å². The standard InChI is InChI=1S/C9H9BClN3O3/c10-6-2-5(17-14-6)4-1-3(12)7(11)8(13-4)9(15)16/h1,5H,2,10H2,(H2,12,13)(H,15,16). The summed E-state index contributed by atoms with van der Waals surface area (Å²) in [7, 11) is 1.82. The smallest absolute Gasteiger partial charge is 0.356 e. The van der Waals surface area contributed by atoms with Gasteiger partial charge in [0.05, 0.1) is 16.4 Å². The summed E-state index contributed by atoms with van der Waals surface area (Å²) in [5, 5.41) is 12.7. The number of carboxylic acid groups (broad SMARTS) is 1. The molecular weight excluding hydrogens is 244 g/mol. The van der Waals surface area contributed by atoms with Gasteiger partial charge in [0.15, 0.2) is 19.6 Å². The van der Waals surface area contributed by atoms with Gasteiger partial charge in [0.1, 0.15) is 0 Å². The number of aromatic carboxylic acids is 1. The van der Waals surface area contributed by atoms with Gasteiger partial charge in [0.2, 0.25) is 0 Å². The van der Waals surface area contributed by atoms with Gasteiger partial charge >= 0.3 is 5.97 Å². The molecule has 0 saturated heterocycles. The molecule has 0 bridgehead atoms. The Morgan fingerprint density at radius 3 is 2.94 bits per heavy atom. The van der Waals surface area contributed by atoms with E-state index in [1.165, 1.54) is 6.07 Å². The van der Waals surface area contributed by atoms with E-state index in [0.29, 0.717) is 12.1 Å². The lowest BCUT2D eigenvalue weighted by molar-refractivity contribution is 0.0683. The number of hydrogen-bond donors (Lipinski definition) is 2. The highest BCUT2D eigenvalue weighted by atomic mass is 35.5. The summed E-state index contributed by atoms with van der Waals surface area (Å²) in [6.45, 7) is 0. The molecule has 8 heteroatoms. The molecule has 6 nitrogen and oxygen atoms in total. The second-order valence-corrected chi connectivity index (χ2v) is 4.11. The van der Waals surface area contributed by atoms with Crippen LogP contribution in [0.4, 0.5) is 5.69 Å². The number of nitrogens with two attached hydrogens (primary N) is 1. The summed E-state index contributed by atoms with van der Waals surface area (Å²) < 4.78 is 0. The molecule has 0 aromatic carbocycles. The number of aromatic nitrogens is 1. The Bertz CT molecular complexity index is 520. The quantitative estimate of drug-likeness (QED) is 0.745. The Morgan fingerprint density at radius 1 is 1.71 bits per heavy atom. The van der Waals surface area contributed by atoms with Crippen molar-refractivity contribution in [3.05, 3.63) is 22.5 Å². The molecule has 0 radical (unpaired) electrons. The summed E-state index contributed by atoms with van der Waals surface area (Å²) in [4.78, 5) is 20.0. The maximum Gasteiger partial charge on any atom is 0.356 e. The number of pyridine rings is 1. The summed E-state index contributed by atoms with van der Waals surface area (Å²) in [6.07, 6.45) is 0.167. The normalized spacial score (nSPS) is 18.6. The lowest BCUT2D eigenvalue weighted by Gasteiger charge is -2.10. The van der Waals surface area contributed by atoms with Crippen LogP contribution in [0.2, 0.25) is 5.02 Å². The van der Waals surface area contributed by atoms with Crippen molar-refractivity contribution in [1.29, 1.82) is 0 Å². The number of hydrogen-bond acceptors (Lipinski definition) is 5. The summed E-state index contributed by atoms with van der Waals surface area (Å²) in [6, 6.07) is 1.51. The summed E-state index contributed by atoms with van der Waals surface area (Å²) >= 11 is 5.76. The number of anilines is 1. The zero-order chi connectivity index (χ0) is 12.6. The highest BCUT2D eigenvalue weighted by Gasteiger charge is 2.25.